The van der Waals surface area contributed by atoms with E-state index in [0.717, 1.165) is 11.1 Å². The highest BCUT2D eigenvalue weighted by molar-refractivity contribution is 9.10. The summed E-state index contributed by atoms with van der Waals surface area (Å²) in [5, 5.41) is 0. The maximum absolute atomic E-state index is 13.2. The zero-order chi connectivity index (χ0) is 13.8. The van der Waals surface area contributed by atoms with Gasteiger partial charge in [-0.3, -0.25) is 0 Å². The van der Waals surface area contributed by atoms with Crippen molar-refractivity contribution in [3.8, 4) is 0 Å². The van der Waals surface area contributed by atoms with Crippen molar-refractivity contribution in [1.82, 2.24) is 0 Å². The molecule has 2 aromatic carbocycles. The highest BCUT2D eigenvalue weighted by Gasteiger charge is 2.12. The van der Waals surface area contributed by atoms with Crippen molar-refractivity contribution in [2.45, 2.75) is 12.3 Å². The summed E-state index contributed by atoms with van der Waals surface area (Å²) in [7, 11) is 0. The van der Waals surface area contributed by atoms with Crippen molar-refractivity contribution < 1.29 is 8.78 Å². The predicted molar refractivity (Wildman–Crippen MR) is 77.7 cm³/mol. The highest BCUT2D eigenvalue weighted by Crippen LogP contribution is 2.25. The lowest BCUT2D eigenvalue weighted by atomic mass is 9.93. The van der Waals surface area contributed by atoms with Crippen molar-refractivity contribution in [2.24, 2.45) is 0 Å². The number of benzene rings is 2. The summed E-state index contributed by atoms with van der Waals surface area (Å²) in [6.07, 6.45) is 0.689. The minimum absolute atomic E-state index is 0.0830. The maximum Gasteiger partial charge on any atom is 0.137 e. The Balaban J connectivity index is 2.18. The van der Waals surface area contributed by atoms with Crippen LogP contribution >= 0.6 is 27.5 Å². The molecule has 1 unspecified atom stereocenters. The van der Waals surface area contributed by atoms with E-state index in [1.165, 1.54) is 18.2 Å². The average molecular weight is 346 g/mol. The number of hydrogen-bond donors (Lipinski definition) is 0. The molecule has 0 aliphatic rings. The van der Waals surface area contributed by atoms with Gasteiger partial charge in [0, 0.05) is 11.8 Å². The van der Waals surface area contributed by atoms with Crippen LogP contribution in [0.25, 0.3) is 0 Å². The molecule has 1 atom stereocenters. The van der Waals surface area contributed by atoms with Gasteiger partial charge >= 0.3 is 0 Å². The Labute approximate surface area is 124 Å². The molecule has 0 fully saturated rings. The number of halogens is 4. The second-order valence-corrected chi connectivity index (χ2v) is 5.52. The second kappa shape index (κ2) is 6.49. The minimum atomic E-state index is -0.284. The second-order valence-electron chi connectivity index (χ2n) is 4.36. The van der Waals surface area contributed by atoms with Crippen LogP contribution in [-0.4, -0.2) is 5.88 Å². The summed E-state index contributed by atoms with van der Waals surface area (Å²) < 4.78 is 26.5. The fraction of sp³-hybridized carbons (Fsp3) is 0.200. The third-order valence-corrected chi connectivity index (χ3v) is 3.97. The van der Waals surface area contributed by atoms with Crippen LogP contribution in [0.4, 0.5) is 8.78 Å². The zero-order valence-corrected chi connectivity index (χ0v) is 12.4. The molecule has 2 rings (SSSR count). The largest absolute Gasteiger partial charge is 0.207 e. The first-order valence-electron chi connectivity index (χ1n) is 5.85. The molecule has 0 saturated heterocycles. The average Bonchev–Trinajstić information content (AvgIpc) is 2.41. The van der Waals surface area contributed by atoms with Crippen molar-refractivity contribution in [1.29, 1.82) is 0 Å². The van der Waals surface area contributed by atoms with Crippen LogP contribution in [0.1, 0.15) is 17.0 Å². The minimum Gasteiger partial charge on any atom is -0.207 e. The summed E-state index contributed by atoms with van der Waals surface area (Å²) in [4.78, 5) is 0. The molecular formula is C15H12BrClF2. The van der Waals surface area contributed by atoms with E-state index in [1.807, 2.05) is 0 Å². The number of hydrogen-bond acceptors (Lipinski definition) is 0. The van der Waals surface area contributed by atoms with Crippen LogP contribution in [0.3, 0.4) is 0 Å². The van der Waals surface area contributed by atoms with Gasteiger partial charge in [0.05, 0.1) is 4.47 Å². The monoisotopic (exact) mass is 344 g/mol. The van der Waals surface area contributed by atoms with Crippen LogP contribution in [-0.2, 0) is 6.42 Å². The summed E-state index contributed by atoms with van der Waals surface area (Å²) in [6.45, 7) is 0. The zero-order valence-electron chi connectivity index (χ0n) is 10.0. The van der Waals surface area contributed by atoms with Crippen molar-refractivity contribution in [3.05, 3.63) is 69.7 Å². The summed E-state index contributed by atoms with van der Waals surface area (Å²) in [5.74, 6) is -0.0325. The van der Waals surface area contributed by atoms with Gasteiger partial charge in [-0.15, -0.1) is 11.6 Å². The topological polar surface area (TPSA) is 0 Å². The van der Waals surface area contributed by atoms with Crippen LogP contribution in [0, 0.1) is 11.6 Å². The van der Waals surface area contributed by atoms with E-state index in [0.29, 0.717) is 16.8 Å². The molecule has 100 valence electrons. The molecule has 0 aliphatic carbocycles. The van der Waals surface area contributed by atoms with Gasteiger partial charge in [-0.1, -0.05) is 18.2 Å². The van der Waals surface area contributed by atoms with Gasteiger partial charge in [-0.2, -0.15) is 0 Å². The van der Waals surface area contributed by atoms with E-state index >= 15 is 0 Å². The van der Waals surface area contributed by atoms with E-state index in [2.05, 4.69) is 15.9 Å². The Bertz CT molecular complexity index is 555. The number of rotatable bonds is 4. The van der Waals surface area contributed by atoms with Crippen molar-refractivity contribution in [3.63, 3.8) is 0 Å². The molecule has 0 nitrogen and oxygen atoms in total. The van der Waals surface area contributed by atoms with Gasteiger partial charge < -0.3 is 0 Å². The lowest BCUT2D eigenvalue weighted by molar-refractivity contribution is 0.618. The molecule has 0 saturated carbocycles. The Morgan fingerprint density at radius 3 is 2.32 bits per heavy atom. The molecule has 0 amide bonds. The molecule has 19 heavy (non-hydrogen) atoms. The first-order valence-corrected chi connectivity index (χ1v) is 7.18. The van der Waals surface area contributed by atoms with E-state index in [1.54, 1.807) is 24.3 Å². The number of alkyl halides is 1. The Hall–Kier alpha value is -0.930. The van der Waals surface area contributed by atoms with Crippen LogP contribution < -0.4 is 0 Å². The Morgan fingerprint density at radius 2 is 1.74 bits per heavy atom. The molecule has 2 aromatic rings. The predicted octanol–water partition coefficient (Wildman–Crippen LogP) is 5.29. The fourth-order valence-electron chi connectivity index (χ4n) is 1.95. The molecular weight excluding hydrogens is 334 g/mol. The van der Waals surface area contributed by atoms with Crippen LogP contribution in [0.5, 0.6) is 0 Å². The molecule has 0 N–H and O–H groups in total. The molecule has 0 heterocycles. The molecule has 0 bridgehead atoms. The fourth-order valence-corrected chi connectivity index (χ4v) is 2.66. The van der Waals surface area contributed by atoms with Gasteiger partial charge in [0.2, 0.25) is 0 Å². The molecule has 0 spiro atoms. The lowest BCUT2D eigenvalue weighted by Crippen LogP contribution is -2.05. The molecule has 0 radical (unpaired) electrons. The summed E-state index contributed by atoms with van der Waals surface area (Å²) >= 11 is 9.15. The van der Waals surface area contributed by atoms with Gasteiger partial charge in [-0.05, 0) is 57.7 Å². The lowest BCUT2D eigenvalue weighted by Gasteiger charge is -2.14. The smallest absolute Gasteiger partial charge is 0.137 e. The van der Waals surface area contributed by atoms with Crippen molar-refractivity contribution in [2.75, 3.05) is 5.88 Å². The maximum atomic E-state index is 13.2. The highest BCUT2D eigenvalue weighted by atomic mass is 79.9. The summed E-state index contributed by atoms with van der Waals surface area (Å²) in [5.41, 5.74) is 1.97. The first kappa shape index (κ1) is 14.5. The molecule has 0 aromatic heterocycles. The van der Waals surface area contributed by atoms with Crippen LogP contribution in [0.15, 0.2) is 46.9 Å². The van der Waals surface area contributed by atoms with E-state index in [9.17, 15) is 8.78 Å². The third kappa shape index (κ3) is 3.77. The molecule has 4 heteroatoms. The van der Waals surface area contributed by atoms with E-state index in [-0.39, 0.29) is 17.6 Å². The Morgan fingerprint density at radius 1 is 1.05 bits per heavy atom. The normalized spacial score (nSPS) is 12.4. The van der Waals surface area contributed by atoms with Gasteiger partial charge in [0.1, 0.15) is 11.6 Å². The van der Waals surface area contributed by atoms with Crippen molar-refractivity contribution >= 4 is 27.5 Å². The summed E-state index contributed by atoms with van der Waals surface area (Å²) in [6, 6.07) is 11.2. The SMILES string of the molecule is Fc1ccc(C(CCl)Cc2ccc(F)c(Br)c2)cc1. The van der Waals surface area contributed by atoms with E-state index in [4.69, 9.17) is 11.6 Å². The first-order chi connectivity index (χ1) is 9.10. The van der Waals surface area contributed by atoms with Gasteiger partial charge in [-0.25, -0.2) is 8.78 Å². The quantitative estimate of drug-likeness (QED) is 0.660. The van der Waals surface area contributed by atoms with Gasteiger partial charge in [0.25, 0.3) is 0 Å². The molecule has 0 aliphatic heterocycles. The third-order valence-electron chi connectivity index (χ3n) is 2.99. The standard InChI is InChI=1S/C15H12BrClF2/c16-14-8-10(1-6-15(14)19)7-12(9-17)11-2-4-13(18)5-3-11/h1-6,8,12H,7,9H2. The van der Waals surface area contributed by atoms with Crippen LogP contribution in [0.2, 0.25) is 0 Å². The van der Waals surface area contributed by atoms with Gasteiger partial charge in [0.15, 0.2) is 0 Å². The van der Waals surface area contributed by atoms with E-state index < -0.39 is 0 Å². The Kier molecular flexibility index (Phi) is 4.94.